The van der Waals surface area contributed by atoms with E-state index in [1.54, 1.807) is 18.3 Å². The molecule has 1 aromatic heterocycles. The van der Waals surface area contributed by atoms with Gasteiger partial charge in [0.15, 0.2) is 6.29 Å². The van der Waals surface area contributed by atoms with Gasteiger partial charge >= 0.3 is 0 Å². The van der Waals surface area contributed by atoms with Crippen molar-refractivity contribution in [2.75, 3.05) is 6.61 Å². The maximum atomic E-state index is 12.5. The van der Waals surface area contributed by atoms with E-state index in [1.807, 2.05) is 0 Å². The summed E-state index contributed by atoms with van der Waals surface area (Å²) in [7, 11) is 0. The van der Waals surface area contributed by atoms with Crippen LogP contribution in [0.3, 0.4) is 0 Å². The molecule has 1 N–H and O–H groups in total. The number of carbonyl (C=O) groups is 1. The minimum absolute atomic E-state index is 0.311. The third kappa shape index (κ3) is 4.81. The molecule has 3 rings (SSSR count). The lowest BCUT2D eigenvalue weighted by Crippen LogP contribution is -2.33. The minimum atomic E-state index is -0.371. The van der Waals surface area contributed by atoms with Crippen molar-refractivity contribution in [1.29, 1.82) is 0 Å². The Morgan fingerprint density at radius 3 is 2.96 bits per heavy atom. The van der Waals surface area contributed by atoms with Crippen molar-refractivity contribution in [2.24, 2.45) is 0 Å². The molecule has 0 bridgehead atoms. The van der Waals surface area contributed by atoms with Crippen LogP contribution in [0, 0.1) is 13.8 Å². The van der Waals surface area contributed by atoms with Crippen LogP contribution in [0.25, 0.3) is 0 Å². The summed E-state index contributed by atoms with van der Waals surface area (Å²) in [5.41, 5.74) is 5.36. The zero-order chi connectivity index (χ0) is 17.6. The van der Waals surface area contributed by atoms with E-state index in [9.17, 15) is 4.79 Å². The normalized spacial score (nSPS) is 17.3. The van der Waals surface area contributed by atoms with Crippen LogP contribution in [0.1, 0.15) is 40.7 Å². The number of hydrogen-bond acceptors (Lipinski definition) is 5. The standard InChI is InChI=1S/C19H22N2O3S/c1-13-8-9-16(14(2)12-13)25-19-15(6-5-10-20-19)18(22)21-24-17-7-3-4-11-23-17/h5-6,8-10,12,17H,3-4,7,11H2,1-2H3,(H,21,22). The molecule has 0 saturated carbocycles. The third-order valence-electron chi connectivity index (χ3n) is 3.97. The summed E-state index contributed by atoms with van der Waals surface area (Å²) in [5.74, 6) is -0.311. The number of hydroxylamine groups is 1. The SMILES string of the molecule is Cc1ccc(Sc2ncccc2C(=O)NOC2CCCCO2)c(C)c1. The van der Waals surface area contributed by atoms with Gasteiger partial charge in [-0.3, -0.25) is 4.79 Å². The number of aryl methyl sites for hydroxylation is 2. The molecule has 0 spiro atoms. The largest absolute Gasteiger partial charge is 0.350 e. The molecule has 1 aliphatic heterocycles. The van der Waals surface area contributed by atoms with Crippen molar-refractivity contribution >= 4 is 17.7 Å². The lowest BCUT2D eigenvalue weighted by Gasteiger charge is -2.22. The number of benzene rings is 1. The van der Waals surface area contributed by atoms with E-state index in [0.717, 1.165) is 29.7 Å². The summed E-state index contributed by atoms with van der Waals surface area (Å²) in [6, 6.07) is 9.73. The number of carbonyl (C=O) groups excluding carboxylic acids is 1. The van der Waals surface area contributed by atoms with Crippen molar-refractivity contribution in [3.8, 4) is 0 Å². The fraction of sp³-hybridized carbons (Fsp3) is 0.368. The molecule has 1 amide bonds. The van der Waals surface area contributed by atoms with Gasteiger partial charge in [-0.25, -0.2) is 15.3 Å². The monoisotopic (exact) mass is 358 g/mol. The fourth-order valence-corrected chi connectivity index (χ4v) is 3.59. The van der Waals surface area contributed by atoms with Crippen LogP contribution >= 0.6 is 11.8 Å². The molecule has 1 aromatic carbocycles. The second-order valence-electron chi connectivity index (χ2n) is 6.07. The fourth-order valence-electron chi connectivity index (χ4n) is 2.64. The summed E-state index contributed by atoms with van der Waals surface area (Å²) in [6.07, 6.45) is 4.18. The van der Waals surface area contributed by atoms with Gasteiger partial charge in [0.2, 0.25) is 0 Å². The predicted molar refractivity (Wildman–Crippen MR) is 96.4 cm³/mol. The number of hydrogen-bond donors (Lipinski definition) is 1. The van der Waals surface area contributed by atoms with Crippen LogP contribution in [0.5, 0.6) is 0 Å². The number of amides is 1. The topological polar surface area (TPSA) is 60.5 Å². The molecule has 5 nitrogen and oxygen atoms in total. The lowest BCUT2D eigenvalue weighted by atomic mass is 10.2. The van der Waals surface area contributed by atoms with Gasteiger partial charge in [-0.15, -0.1) is 0 Å². The van der Waals surface area contributed by atoms with Crippen LogP contribution in [0.2, 0.25) is 0 Å². The van der Waals surface area contributed by atoms with E-state index in [-0.39, 0.29) is 12.2 Å². The lowest BCUT2D eigenvalue weighted by molar-refractivity contribution is -0.186. The Hall–Kier alpha value is -1.89. The predicted octanol–water partition coefficient (Wildman–Crippen LogP) is 4.04. The molecule has 2 heterocycles. The van der Waals surface area contributed by atoms with E-state index in [0.29, 0.717) is 17.2 Å². The van der Waals surface area contributed by atoms with Crippen LogP contribution in [0.15, 0.2) is 46.5 Å². The van der Waals surface area contributed by atoms with Crippen molar-refractivity contribution in [3.63, 3.8) is 0 Å². The van der Waals surface area contributed by atoms with Crippen LogP contribution in [-0.2, 0) is 9.57 Å². The zero-order valence-electron chi connectivity index (χ0n) is 14.5. The molecule has 2 aromatic rings. The van der Waals surface area contributed by atoms with Crippen molar-refractivity contribution in [1.82, 2.24) is 10.5 Å². The van der Waals surface area contributed by atoms with E-state index < -0.39 is 0 Å². The molecule has 132 valence electrons. The van der Waals surface area contributed by atoms with Gasteiger partial charge in [0.1, 0.15) is 5.03 Å². The molecular weight excluding hydrogens is 336 g/mol. The third-order valence-corrected chi connectivity index (χ3v) is 5.17. The number of ether oxygens (including phenoxy) is 1. The van der Waals surface area contributed by atoms with E-state index in [1.165, 1.54) is 17.3 Å². The van der Waals surface area contributed by atoms with Gasteiger partial charge in [0.25, 0.3) is 5.91 Å². The average Bonchev–Trinajstić information content (AvgIpc) is 2.63. The van der Waals surface area contributed by atoms with E-state index in [2.05, 4.69) is 42.5 Å². The average molecular weight is 358 g/mol. The molecule has 0 aliphatic carbocycles. The van der Waals surface area contributed by atoms with Crippen molar-refractivity contribution in [2.45, 2.75) is 49.3 Å². The van der Waals surface area contributed by atoms with Crippen molar-refractivity contribution in [3.05, 3.63) is 53.2 Å². The second kappa shape index (κ2) is 8.47. The first kappa shape index (κ1) is 17.9. The molecule has 25 heavy (non-hydrogen) atoms. The molecule has 1 fully saturated rings. The van der Waals surface area contributed by atoms with Gasteiger partial charge in [-0.2, -0.15) is 0 Å². The molecule has 1 saturated heterocycles. The molecule has 1 aliphatic rings. The van der Waals surface area contributed by atoms with Crippen LogP contribution < -0.4 is 5.48 Å². The van der Waals surface area contributed by atoms with Gasteiger partial charge < -0.3 is 4.74 Å². The summed E-state index contributed by atoms with van der Waals surface area (Å²) in [5, 5.41) is 0.653. The smallest absolute Gasteiger partial charge is 0.277 e. The Bertz CT molecular complexity index is 745. The quantitative estimate of drug-likeness (QED) is 0.818. The summed E-state index contributed by atoms with van der Waals surface area (Å²) < 4.78 is 5.46. The van der Waals surface area contributed by atoms with Gasteiger partial charge in [0, 0.05) is 24.1 Å². The highest BCUT2D eigenvalue weighted by Crippen LogP contribution is 2.31. The summed E-state index contributed by atoms with van der Waals surface area (Å²) in [4.78, 5) is 23.3. The van der Waals surface area contributed by atoms with Crippen LogP contribution in [0.4, 0.5) is 0 Å². The zero-order valence-corrected chi connectivity index (χ0v) is 15.3. The highest BCUT2D eigenvalue weighted by molar-refractivity contribution is 7.99. The highest BCUT2D eigenvalue weighted by Gasteiger charge is 2.18. The van der Waals surface area contributed by atoms with Gasteiger partial charge in [0.05, 0.1) is 5.56 Å². The Balaban J connectivity index is 1.70. The maximum absolute atomic E-state index is 12.5. The first-order valence-electron chi connectivity index (χ1n) is 8.41. The molecule has 1 atom stereocenters. The van der Waals surface area contributed by atoms with Crippen LogP contribution in [-0.4, -0.2) is 23.8 Å². The number of nitrogens with one attached hydrogen (secondary N) is 1. The number of rotatable bonds is 5. The summed E-state index contributed by atoms with van der Waals surface area (Å²) in [6.45, 7) is 4.79. The number of aromatic nitrogens is 1. The molecular formula is C19H22N2O3S. The Kier molecular flexibility index (Phi) is 6.07. The Morgan fingerprint density at radius 2 is 2.20 bits per heavy atom. The second-order valence-corrected chi connectivity index (χ2v) is 7.10. The first-order valence-corrected chi connectivity index (χ1v) is 9.23. The van der Waals surface area contributed by atoms with E-state index >= 15 is 0 Å². The molecule has 6 heteroatoms. The maximum Gasteiger partial charge on any atom is 0.277 e. The molecule has 1 unspecified atom stereocenters. The number of pyridine rings is 1. The van der Waals surface area contributed by atoms with Gasteiger partial charge in [-0.1, -0.05) is 29.5 Å². The number of nitrogens with zero attached hydrogens (tertiary/aromatic N) is 1. The summed E-state index contributed by atoms with van der Waals surface area (Å²) >= 11 is 1.48. The van der Waals surface area contributed by atoms with E-state index in [4.69, 9.17) is 9.57 Å². The first-order chi connectivity index (χ1) is 12.1. The van der Waals surface area contributed by atoms with Gasteiger partial charge in [-0.05, 0) is 50.5 Å². The highest BCUT2D eigenvalue weighted by atomic mass is 32.2. The Morgan fingerprint density at radius 1 is 1.32 bits per heavy atom. The molecule has 0 radical (unpaired) electrons. The minimum Gasteiger partial charge on any atom is -0.350 e. The van der Waals surface area contributed by atoms with Crippen molar-refractivity contribution < 1.29 is 14.4 Å². The Labute approximate surface area is 152 Å².